The molecule has 0 heterocycles. The second-order valence-electron chi connectivity index (χ2n) is 5.88. The van der Waals surface area contributed by atoms with Gasteiger partial charge in [-0.2, -0.15) is 0 Å². The molecule has 0 radical (unpaired) electrons. The van der Waals surface area contributed by atoms with E-state index in [0.717, 1.165) is 38.4 Å². The Morgan fingerprint density at radius 2 is 1.56 bits per heavy atom. The lowest BCUT2D eigenvalue weighted by atomic mass is 9.91. The highest BCUT2D eigenvalue weighted by atomic mass is 16.5. The molecule has 0 bridgehead atoms. The number of carboxylic acid groups (broad SMARTS) is 1. The number of benzene rings is 4. The molecule has 3 heteroatoms. The average Bonchev–Trinajstić information content (AvgIpc) is 2.66. The maximum absolute atomic E-state index is 11.8. The summed E-state index contributed by atoms with van der Waals surface area (Å²) in [6, 6.07) is 23.2. The minimum absolute atomic E-state index is 0.295. The standard InChI is InChI=1S/C22H16O3/c1-25-19-13-12-14-6-2-3-9-16(14)21(19)17-10-4-7-15-8-5-11-18(20(15)17)22(23)24/h2-13H,1H3,(H,23,24). The lowest BCUT2D eigenvalue weighted by Crippen LogP contribution is -1.99. The first-order chi connectivity index (χ1) is 12.2. The Bertz CT molecular complexity index is 1110. The smallest absolute Gasteiger partial charge is 0.336 e. The summed E-state index contributed by atoms with van der Waals surface area (Å²) in [4.78, 5) is 11.8. The fraction of sp³-hybridized carbons (Fsp3) is 0.0455. The first-order valence-corrected chi connectivity index (χ1v) is 8.02. The molecule has 0 aliphatic heterocycles. The third-order valence-corrected chi connectivity index (χ3v) is 4.52. The van der Waals surface area contributed by atoms with Crippen molar-refractivity contribution in [1.82, 2.24) is 0 Å². The number of fused-ring (bicyclic) bond motifs is 2. The van der Waals surface area contributed by atoms with Gasteiger partial charge in [0.1, 0.15) is 5.75 Å². The van der Waals surface area contributed by atoms with Crippen molar-refractivity contribution in [2.24, 2.45) is 0 Å². The van der Waals surface area contributed by atoms with Crippen LogP contribution < -0.4 is 4.74 Å². The molecule has 0 aliphatic rings. The highest BCUT2D eigenvalue weighted by molar-refractivity contribution is 6.14. The Balaban J connectivity index is 2.20. The predicted octanol–water partition coefficient (Wildman–Crippen LogP) is 5.37. The second kappa shape index (κ2) is 5.95. The van der Waals surface area contributed by atoms with Gasteiger partial charge in [-0.05, 0) is 33.9 Å². The van der Waals surface area contributed by atoms with E-state index in [0.29, 0.717) is 5.56 Å². The third kappa shape index (κ3) is 2.41. The van der Waals surface area contributed by atoms with Crippen molar-refractivity contribution in [2.45, 2.75) is 0 Å². The molecule has 0 unspecified atom stereocenters. The van der Waals surface area contributed by atoms with Gasteiger partial charge in [0.05, 0.1) is 12.7 Å². The largest absolute Gasteiger partial charge is 0.496 e. The summed E-state index contributed by atoms with van der Waals surface area (Å²) in [5.74, 6) is -0.205. The van der Waals surface area contributed by atoms with Crippen LogP contribution in [0.4, 0.5) is 0 Å². The molecular formula is C22H16O3. The molecule has 25 heavy (non-hydrogen) atoms. The minimum atomic E-state index is -0.933. The zero-order chi connectivity index (χ0) is 17.4. The van der Waals surface area contributed by atoms with E-state index in [4.69, 9.17) is 4.74 Å². The van der Waals surface area contributed by atoms with E-state index < -0.39 is 5.97 Å². The maximum Gasteiger partial charge on any atom is 0.336 e. The highest BCUT2D eigenvalue weighted by Gasteiger charge is 2.17. The molecule has 0 amide bonds. The first-order valence-electron chi connectivity index (χ1n) is 8.02. The highest BCUT2D eigenvalue weighted by Crippen LogP contribution is 2.41. The van der Waals surface area contributed by atoms with Gasteiger partial charge in [-0.3, -0.25) is 0 Å². The van der Waals surface area contributed by atoms with E-state index in [9.17, 15) is 9.90 Å². The fourth-order valence-electron chi connectivity index (χ4n) is 3.43. The summed E-state index contributed by atoms with van der Waals surface area (Å²) in [5.41, 5.74) is 2.08. The van der Waals surface area contributed by atoms with E-state index in [2.05, 4.69) is 0 Å². The van der Waals surface area contributed by atoms with E-state index in [1.54, 1.807) is 19.2 Å². The number of carboxylic acids is 1. The predicted molar refractivity (Wildman–Crippen MR) is 100 cm³/mol. The number of rotatable bonds is 3. The summed E-state index contributed by atoms with van der Waals surface area (Å²) < 4.78 is 5.61. The van der Waals surface area contributed by atoms with Gasteiger partial charge in [-0.25, -0.2) is 4.79 Å². The van der Waals surface area contributed by atoms with Crippen LogP contribution in [0.15, 0.2) is 72.8 Å². The number of methoxy groups -OCH3 is 1. The number of hydrogen-bond acceptors (Lipinski definition) is 2. The van der Waals surface area contributed by atoms with Gasteiger partial charge >= 0.3 is 5.97 Å². The van der Waals surface area contributed by atoms with Gasteiger partial charge in [-0.15, -0.1) is 0 Å². The van der Waals surface area contributed by atoms with Crippen molar-refractivity contribution in [1.29, 1.82) is 0 Å². The molecule has 1 N–H and O–H groups in total. The van der Waals surface area contributed by atoms with Crippen LogP contribution in [-0.2, 0) is 0 Å². The Morgan fingerprint density at radius 3 is 2.32 bits per heavy atom. The lowest BCUT2D eigenvalue weighted by molar-refractivity contribution is 0.0699. The fourth-order valence-corrected chi connectivity index (χ4v) is 3.43. The van der Waals surface area contributed by atoms with Crippen LogP contribution >= 0.6 is 0 Å². The van der Waals surface area contributed by atoms with Gasteiger partial charge in [0.25, 0.3) is 0 Å². The molecule has 0 aromatic heterocycles. The number of aromatic carboxylic acids is 1. The summed E-state index contributed by atoms with van der Waals surface area (Å²) in [5, 5.41) is 13.4. The molecule has 3 nitrogen and oxygen atoms in total. The monoisotopic (exact) mass is 328 g/mol. The van der Waals surface area contributed by atoms with Crippen molar-refractivity contribution >= 4 is 27.5 Å². The SMILES string of the molecule is COc1ccc2ccccc2c1-c1cccc2cccc(C(=O)O)c12. The van der Waals surface area contributed by atoms with Gasteiger partial charge in [0.15, 0.2) is 0 Å². The van der Waals surface area contributed by atoms with E-state index in [1.807, 2.05) is 60.7 Å². The number of carbonyl (C=O) groups is 1. The van der Waals surface area contributed by atoms with Crippen molar-refractivity contribution in [3.8, 4) is 16.9 Å². The van der Waals surface area contributed by atoms with Gasteiger partial charge < -0.3 is 9.84 Å². The Morgan fingerprint density at radius 1 is 0.840 bits per heavy atom. The van der Waals surface area contributed by atoms with E-state index in [1.165, 1.54) is 0 Å². The van der Waals surface area contributed by atoms with Gasteiger partial charge in [-0.1, -0.05) is 60.7 Å². The Labute approximate surface area is 145 Å². The zero-order valence-electron chi connectivity index (χ0n) is 13.7. The van der Waals surface area contributed by atoms with Crippen LogP contribution in [0.1, 0.15) is 10.4 Å². The first kappa shape index (κ1) is 15.2. The van der Waals surface area contributed by atoms with Crippen LogP contribution in [0.2, 0.25) is 0 Å². The summed E-state index contributed by atoms with van der Waals surface area (Å²) in [6.07, 6.45) is 0. The molecule has 4 rings (SSSR count). The molecule has 0 saturated heterocycles. The Kier molecular flexibility index (Phi) is 3.62. The molecule has 4 aromatic rings. The minimum Gasteiger partial charge on any atom is -0.496 e. The molecule has 0 saturated carbocycles. The molecule has 0 fully saturated rings. The van der Waals surface area contributed by atoms with Crippen LogP contribution in [-0.4, -0.2) is 18.2 Å². The van der Waals surface area contributed by atoms with Crippen molar-refractivity contribution in [3.63, 3.8) is 0 Å². The van der Waals surface area contributed by atoms with Crippen molar-refractivity contribution in [3.05, 3.63) is 78.4 Å². The maximum atomic E-state index is 11.8. The molecule has 0 spiro atoms. The number of ether oxygens (including phenoxy) is 1. The topological polar surface area (TPSA) is 46.5 Å². The van der Waals surface area contributed by atoms with Gasteiger partial charge in [0, 0.05) is 10.9 Å². The zero-order valence-corrected chi connectivity index (χ0v) is 13.7. The summed E-state index contributed by atoms with van der Waals surface area (Å²) in [7, 11) is 1.64. The van der Waals surface area contributed by atoms with Crippen molar-refractivity contribution in [2.75, 3.05) is 7.11 Å². The molecule has 0 aliphatic carbocycles. The van der Waals surface area contributed by atoms with Crippen LogP contribution in [0.3, 0.4) is 0 Å². The summed E-state index contributed by atoms with van der Waals surface area (Å²) >= 11 is 0. The lowest BCUT2D eigenvalue weighted by Gasteiger charge is -2.15. The molecule has 122 valence electrons. The Hall–Kier alpha value is -3.33. The molecule has 4 aromatic carbocycles. The quantitative estimate of drug-likeness (QED) is 0.550. The molecule has 0 atom stereocenters. The normalized spacial score (nSPS) is 10.9. The third-order valence-electron chi connectivity index (χ3n) is 4.52. The van der Waals surface area contributed by atoms with E-state index >= 15 is 0 Å². The summed E-state index contributed by atoms with van der Waals surface area (Å²) in [6.45, 7) is 0. The second-order valence-corrected chi connectivity index (χ2v) is 5.88. The molecular weight excluding hydrogens is 312 g/mol. The van der Waals surface area contributed by atoms with E-state index in [-0.39, 0.29) is 0 Å². The number of hydrogen-bond donors (Lipinski definition) is 1. The van der Waals surface area contributed by atoms with Crippen LogP contribution in [0.5, 0.6) is 5.75 Å². The van der Waals surface area contributed by atoms with Crippen LogP contribution in [0, 0.1) is 0 Å². The average molecular weight is 328 g/mol. The van der Waals surface area contributed by atoms with Crippen LogP contribution in [0.25, 0.3) is 32.7 Å². The van der Waals surface area contributed by atoms with Gasteiger partial charge in [0.2, 0.25) is 0 Å². The van der Waals surface area contributed by atoms with Crippen molar-refractivity contribution < 1.29 is 14.6 Å².